The Bertz CT molecular complexity index is 1010. The number of pyridine rings is 1. The van der Waals surface area contributed by atoms with E-state index in [4.69, 9.17) is 10.5 Å². The SMILES string of the molecule is COc1cc(N2CC(Cc3ccccc3)(C(=O)NCc3cccnc3)C2)nc(N)n1. The van der Waals surface area contributed by atoms with Crippen molar-refractivity contribution in [3.63, 3.8) is 0 Å². The van der Waals surface area contributed by atoms with Gasteiger partial charge >= 0.3 is 0 Å². The molecule has 8 heteroatoms. The monoisotopic (exact) mass is 404 g/mol. The number of nitrogen functional groups attached to an aromatic ring is 1. The summed E-state index contributed by atoms with van der Waals surface area (Å²) in [7, 11) is 1.53. The summed E-state index contributed by atoms with van der Waals surface area (Å²) in [6.45, 7) is 1.50. The van der Waals surface area contributed by atoms with Crippen LogP contribution in [0, 0.1) is 5.41 Å². The molecular weight excluding hydrogens is 380 g/mol. The molecule has 0 unspecified atom stereocenters. The number of nitrogens with zero attached hydrogens (tertiary/aromatic N) is 4. The Morgan fingerprint density at radius 2 is 1.93 bits per heavy atom. The van der Waals surface area contributed by atoms with E-state index in [2.05, 4.69) is 20.3 Å². The summed E-state index contributed by atoms with van der Waals surface area (Å²) in [5.41, 5.74) is 7.32. The first-order valence-electron chi connectivity index (χ1n) is 9.73. The number of methoxy groups -OCH3 is 1. The minimum absolute atomic E-state index is 0.0143. The predicted octanol–water partition coefficient (Wildman–Crippen LogP) is 1.83. The van der Waals surface area contributed by atoms with Gasteiger partial charge in [0.15, 0.2) is 0 Å². The van der Waals surface area contributed by atoms with Crippen molar-refractivity contribution < 1.29 is 9.53 Å². The van der Waals surface area contributed by atoms with E-state index >= 15 is 0 Å². The zero-order valence-corrected chi connectivity index (χ0v) is 16.8. The average molecular weight is 404 g/mol. The van der Waals surface area contributed by atoms with Crippen molar-refractivity contribution in [1.82, 2.24) is 20.3 Å². The number of nitrogens with one attached hydrogen (secondary N) is 1. The van der Waals surface area contributed by atoms with Crippen molar-refractivity contribution in [2.75, 3.05) is 30.8 Å². The highest BCUT2D eigenvalue weighted by Gasteiger charge is 2.49. The van der Waals surface area contributed by atoms with E-state index in [0.29, 0.717) is 37.8 Å². The fraction of sp³-hybridized carbons (Fsp3) is 0.273. The van der Waals surface area contributed by atoms with Crippen LogP contribution in [0.1, 0.15) is 11.1 Å². The fourth-order valence-electron chi connectivity index (χ4n) is 3.74. The molecule has 3 aromatic rings. The van der Waals surface area contributed by atoms with Gasteiger partial charge in [0, 0.05) is 38.1 Å². The highest BCUT2D eigenvalue weighted by atomic mass is 16.5. The predicted molar refractivity (Wildman–Crippen MR) is 114 cm³/mol. The Morgan fingerprint density at radius 3 is 2.63 bits per heavy atom. The largest absolute Gasteiger partial charge is 0.481 e. The molecule has 154 valence electrons. The van der Waals surface area contributed by atoms with Gasteiger partial charge in [-0.25, -0.2) is 0 Å². The smallest absolute Gasteiger partial charge is 0.230 e. The molecule has 0 spiro atoms. The fourth-order valence-corrected chi connectivity index (χ4v) is 3.74. The first-order chi connectivity index (χ1) is 14.6. The van der Waals surface area contributed by atoms with Gasteiger partial charge in [0.05, 0.1) is 12.5 Å². The number of anilines is 2. The lowest BCUT2D eigenvalue weighted by Gasteiger charge is -2.49. The minimum atomic E-state index is -0.559. The molecule has 30 heavy (non-hydrogen) atoms. The van der Waals surface area contributed by atoms with Crippen molar-refractivity contribution in [3.8, 4) is 5.88 Å². The number of carbonyl (C=O) groups excluding carboxylic acids is 1. The van der Waals surface area contributed by atoms with Crippen molar-refractivity contribution >= 4 is 17.7 Å². The Kier molecular flexibility index (Phi) is 5.47. The number of aromatic nitrogens is 3. The lowest BCUT2D eigenvalue weighted by atomic mass is 9.73. The number of nitrogens with two attached hydrogens (primary N) is 1. The van der Waals surface area contributed by atoms with Crippen LogP contribution >= 0.6 is 0 Å². The quantitative estimate of drug-likeness (QED) is 0.619. The van der Waals surface area contributed by atoms with Gasteiger partial charge in [-0.2, -0.15) is 9.97 Å². The third-order valence-electron chi connectivity index (χ3n) is 5.27. The average Bonchev–Trinajstić information content (AvgIpc) is 2.75. The van der Waals surface area contributed by atoms with Crippen LogP contribution in [0.3, 0.4) is 0 Å². The number of ether oxygens (including phenoxy) is 1. The molecule has 0 aliphatic carbocycles. The second-order valence-electron chi connectivity index (χ2n) is 7.47. The number of benzene rings is 1. The van der Waals surface area contributed by atoms with Crippen LogP contribution in [-0.4, -0.2) is 41.1 Å². The van der Waals surface area contributed by atoms with Gasteiger partial charge < -0.3 is 20.7 Å². The van der Waals surface area contributed by atoms with E-state index in [9.17, 15) is 4.79 Å². The Morgan fingerprint density at radius 1 is 1.17 bits per heavy atom. The number of hydrogen-bond acceptors (Lipinski definition) is 7. The Labute approximate surface area is 175 Å². The maximum absolute atomic E-state index is 13.3. The zero-order valence-electron chi connectivity index (χ0n) is 16.8. The number of hydrogen-bond donors (Lipinski definition) is 2. The second-order valence-corrected chi connectivity index (χ2v) is 7.47. The molecule has 8 nitrogen and oxygen atoms in total. The molecule has 4 rings (SSSR count). The van der Waals surface area contributed by atoms with E-state index in [0.717, 1.165) is 11.1 Å². The highest BCUT2D eigenvalue weighted by molar-refractivity contribution is 5.86. The van der Waals surface area contributed by atoms with E-state index in [1.54, 1.807) is 18.5 Å². The molecule has 1 aromatic carbocycles. The minimum Gasteiger partial charge on any atom is -0.481 e. The summed E-state index contributed by atoms with van der Waals surface area (Å²) < 4.78 is 5.19. The lowest BCUT2D eigenvalue weighted by molar-refractivity contribution is -0.132. The topological polar surface area (TPSA) is 106 Å². The molecular formula is C22H24N6O2. The van der Waals surface area contributed by atoms with Gasteiger partial charge in [0.2, 0.25) is 17.7 Å². The molecule has 2 aromatic heterocycles. The summed E-state index contributed by atoms with van der Waals surface area (Å²) in [5, 5.41) is 3.08. The molecule has 1 aliphatic rings. The van der Waals surface area contributed by atoms with Gasteiger partial charge in [0.1, 0.15) is 5.82 Å². The second kappa shape index (κ2) is 8.36. The maximum Gasteiger partial charge on any atom is 0.230 e. The molecule has 3 N–H and O–H groups in total. The number of rotatable bonds is 7. The van der Waals surface area contributed by atoms with Gasteiger partial charge in [0.25, 0.3) is 0 Å². The normalized spacial score (nSPS) is 14.6. The maximum atomic E-state index is 13.3. The molecule has 0 saturated carbocycles. The third kappa shape index (κ3) is 4.17. The first-order valence-corrected chi connectivity index (χ1v) is 9.73. The summed E-state index contributed by atoms with van der Waals surface area (Å²) in [4.78, 5) is 27.7. The highest BCUT2D eigenvalue weighted by Crippen LogP contribution is 2.38. The summed E-state index contributed by atoms with van der Waals surface area (Å²) in [6.07, 6.45) is 4.11. The van der Waals surface area contributed by atoms with E-state index < -0.39 is 5.41 Å². The molecule has 1 amide bonds. The Balaban J connectivity index is 1.52. The van der Waals surface area contributed by atoms with Crippen LogP contribution in [0.15, 0.2) is 60.9 Å². The third-order valence-corrected chi connectivity index (χ3v) is 5.27. The van der Waals surface area contributed by atoms with Crippen molar-refractivity contribution in [2.24, 2.45) is 5.41 Å². The van der Waals surface area contributed by atoms with Crippen LogP contribution in [0.25, 0.3) is 0 Å². The standard InChI is InChI=1S/C22H24N6O2/c1-30-19-10-18(26-21(23)27-19)28-14-22(15-28,11-16-6-3-2-4-7-16)20(29)25-13-17-8-5-9-24-12-17/h2-10,12H,11,13-15H2,1H3,(H,25,29)(H2,23,26,27). The summed E-state index contributed by atoms with van der Waals surface area (Å²) in [6, 6.07) is 15.6. The molecule has 3 heterocycles. The van der Waals surface area contributed by atoms with E-state index in [1.165, 1.54) is 7.11 Å². The van der Waals surface area contributed by atoms with Crippen LogP contribution in [0.5, 0.6) is 5.88 Å². The van der Waals surface area contributed by atoms with Crippen LogP contribution in [-0.2, 0) is 17.8 Å². The molecule has 0 radical (unpaired) electrons. The van der Waals surface area contributed by atoms with Crippen molar-refractivity contribution in [3.05, 3.63) is 72.1 Å². The summed E-state index contributed by atoms with van der Waals surface area (Å²) >= 11 is 0. The molecule has 1 fully saturated rings. The van der Waals surface area contributed by atoms with E-state index in [-0.39, 0.29) is 11.9 Å². The number of amides is 1. The molecule has 1 aliphatic heterocycles. The molecule has 1 saturated heterocycles. The lowest BCUT2D eigenvalue weighted by Crippen LogP contribution is -2.64. The van der Waals surface area contributed by atoms with Gasteiger partial charge in [-0.05, 0) is 23.6 Å². The first kappa shape index (κ1) is 19.6. The summed E-state index contributed by atoms with van der Waals surface area (Å²) in [5.74, 6) is 1.22. The molecule has 0 atom stereocenters. The van der Waals surface area contributed by atoms with Crippen molar-refractivity contribution in [2.45, 2.75) is 13.0 Å². The van der Waals surface area contributed by atoms with E-state index in [1.807, 2.05) is 47.4 Å². The molecule has 0 bridgehead atoms. The zero-order chi connectivity index (χ0) is 21.0. The van der Waals surface area contributed by atoms with Crippen LogP contribution < -0.4 is 20.7 Å². The van der Waals surface area contributed by atoms with Crippen LogP contribution in [0.4, 0.5) is 11.8 Å². The van der Waals surface area contributed by atoms with Crippen molar-refractivity contribution in [1.29, 1.82) is 0 Å². The number of carbonyl (C=O) groups is 1. The van der Waals surface area contributed by atoms with Gasteiger partial charge in [-0.3, -0.25) is 9.78 Å². The van der Waals surface area contributed by atoms with Gasteiger partial charge in [-0.15, -0.1) is 0 Å². The van der Waals surface area contributed by atoms with Gasteiger partial charge in [-0.1, -0.05) is 36.4 Å². The Hall–Kier alpha value is -3.68. The van der Waals surface area contributed by atoms with Crippen LogP contribution in [0.2, 0.25) is 0 Å².